The molecule has 0 saturated carbocycles. The van der Waals surface area contributed by atoms with Crippen LogP contribution in [0.3, 0.4) is 0 Å². The first-order valence-electron chi connectivity index (χ1n) is 9.41. The van der Waals surface area contributed by atoms with Crippen molar-refractivity contribution in [2.45, 2.75) is 26.1 Å². The molecule has 1 amide bonds. The lowest BCUT2D eigenvalue weighted by molar-refractivity contribution is -0.138. The largest absolute Gasteiger partial charge is 0.481 e. The molecule has 3 aromatic rings. The Morgan fingerprint density at radius 2 is 1.81 bits per heavy atom. The smallest absolute Gasteiger partial charge is 0.416 e. The molecular weight excluding hydrogens is 432 g/mol. The number of carboxylic acids is 1. The highest BCUT2D eigenvalue weighted by atomic mass is 19.4. The number of hydrogen-bond donors (Lipinski definition) is 1. The molecule has 32 heavy (non-hydrogen) atoms. The molecule has 0 aliphatic rings. The van der Waals surface area contributed by atoms with E-state index in [9.17, 15) is 31.9 Å². The van der Waals surface area contributed by atoms with E-state index in [2.05, 4.69) is 0 Å². The summed E-state index contributed by atoms with van der Waals surface area (Å²) in [4.78, 5) is 38.4. The standard InChI is InChI=1S/C22H18F4N2O4/c1-12-16-7-6-13(22(24,25)26)10-17(16)28(9-8-18(29)30)21(32)19(12)20(31)27(2)15-5-3-4-14(23)11-15/h3-7,10-11H,8-9H2,1-2H3,(H,29,30). The maximum absolute atomic E-state index is 13.6. The quantitative estimate of drug-likeness (QED) is 0.591. The molecule has 1 N–H and O–H groups in total. The van der Waals surface area contributed by atoms with E-state index in [-0.39, 0.29) is 27.7 Å². The molecule has 2 aromatic carbocycles. The molecule has 0 saturated heterocycles. The summed E-state index contributed by atoms with van der Waals surface area (Å²) in [6.45, 7) is 0.987. The van der Waals surface area contributed by atoms with Gasteiger partial charge in [-0.3, -0.25) is 14.4 Å². The zero-order chi connectivity index (χ0) is 23.8. The first-order valence-corrected chi connectivity index (χ1v) is 9.41. The molecule has 168 valence electrons. The number of amides is 1. The van der Waals surface area contributed by atoms with E-state index in [1.807, 2.05) is 0 Å². The summed E-state index contributed by atoms with van der Waals surface area (Å²) < 4.78 is 54.1. The molecule has 0 unspecified atom stereocenters. The molecule has 0 spiro atoms. The van der Waals surface area contributed by atoms with Gasteiger partial charge in [0.25, 0.3) is 11.5 Å². The van der Waals surface area contributed by atoms with Gasteiger partial charge in [-0.25, -0.2) is 4.39 Å². The third-order valence-electron chi connectivity index (χ3n) is 5.12. The van der Waals surface area contributed by atoms with Crippen LogP contribution in [0.25, 0.3) is 10.9 Å². The van der Waals surface area contributed by atoms with Gasteiger partial charge in [0, 0.05) is 24.7 Å². The molecule has 0 atom stereocenters. The predicted molar refractivity (Wildman–Crippen MR) is 109 cm³/mol. The summed E-state index contributed by atoms with van der Waals surface area (Å²) in [5.41, 5.74) is -2.10. The summed E-state index contributed by atoms with van der Waals surface area (Å²) in [6, 6.07) is 7.83. The number of rotatable bonds is 5. The Balaban J connectivity index is 2.26. The number of carbonyl (C=O) groups is 2. The maximum Gasteiger partial charge on any atom is 0.416 e. The molecule has 10 heteroatoms. The van der Waals surface area contributed by atoms with E-state index in [4.69, 9.17) is 5.11 Å². The van der Waals surface area contributed by atoms with Crippen molar-refractivity contribution in [3.63, 3.8) is 0 Å². The van der Waals surface area contributed by atoms with Crippen molar-refractivity contribution in [3.05, 3.63) is 75.3 Å². The highest BCUT2D eigenvalue weighted by molar-refractivity contribution is 6.08. The first-order chi connectivity index (χ1) is 14.9. The summed E-state index contributed by atoms with van der Waals surface area (Å²) in [5.74, 6) is -2.66. The Morgan fingerprint density at radius 3 is 2.41 bits per heavy atom. The van der Waals surface area contributed by atoms with Gasteiger partial charge >= 0.3 is 12.1 Å². The van der Waals surface area contributed by atoms with Crippen LogP contribution in [0.1, 0.15) is 27.9 Å². The third kappa shape index (κ3) is 4.34. The van der Waals surface area contributed by atoms with Crippen LogP contribution in [0.15, 0.2) is 47.3 Å². The molecule has 0 fully saturated rings. The first kappa shape index (κ1) is 23.0. The summed E-state index contributed by atoms with van der Waals surface area (Å²) in [5, 5.41) is 9.21. The van der Waals surface area contributed by atoms with Crippen molar-refractivity contribution in [2.24, 2.45) is 0 Å². The van der Waals surface area contributed by atoms with E-state index >= 15 is 0 Å². The molecule has 1 heterocycles. The van der Waals surface area contributed by atoms with Gasteiger partial charge in [-0.1, -0.05) is 12.1 Å². The average molecular weight is 450 g/mol. The fourth-order valence-electron chi connectivity index (χ4n) is 3.44. The van der Waals surface area contributed by atoms with Crippen LogP contribution in [0.2, 0.25) is 0 Å². The highest BCUT2D eigenvalue weighted by Crippen LogP contribution is 2.32. The summed E-state index contributed by atoms with van der Waals surface area (Å²) in [7, 11) is 1.33. The normalized spacial score (nSPS) is 11.6. The van der Waals surface area contributed by atoms with Crippen molar-refractivity contribution in [2.75, 3.05) is 11.9 Å². The molecular formula is C22H18F4N2O4. The number of aliphatic carboxylic acids is 1. The molecule has 3 rings (SSSR count). The Hall–Kier alpha value is -3.69. The number of aryl methyl sites for hydroxylation is 2. The monoisotopic (exact) mass is 450 g/mol. The van der Waals surface area contributed by atoms with Crippen LogP contribution < -0.4 is 10.5 Å². The Bertz CT molecular complexity index is 1280. The van der Waals surface area contributed by atoms with Crippen molar-refractivity contribution in [3.8, 4) is 0 Å². The van der Waals surface area contributed by atoms with Crippen LogP contribution in [0.5, 0.6) is 0 Å². The molecule has 1 aromatic heterocycles. The Kier molecular flexibility index (Phi) is 6.07. The lowest BCUT2D eigenvalue weighted by Crippen LogP contribution is -2.36. The lowest BCUT2D eigenvalue weighted by Gasteiger charge is -2.21. The van der Waals surface area contributed by atoms with E-state index < -0.39 is 48.0 Å². The van der Waals surface area contributed by atoms with Gasteiger partial charge in [-0.15, -0.1) is 0 Å². The minimum atomic E-state index is -4.68. The average Bonchev–Trinajstić information content (AvgIpc) is 2.71. The van der Waals surface area contributed by atoms with Crippen LogP contribution >= 0.6 is 0 Å². The molecule has 0 aliphatic heterocycles. The number of hydrogen-bond acceptors (Lipinski definition) is 3. The number of anilines is 1. The van der Waals surface area contributed by atoms with Gasteiger partial charge in [0.05, 0.1) is 17.5 Å². The number of benzene rings is 2. The van der Waals surface area contributed by atoms with Gasteiger partial charge in [0.15, 0.2) is 0 Å². The second-order valence-corrected chi connectivity index (χ2v) is 7.17. The maximum atomic E-state index is 13.6. The number of carbonyl (C=O) groups excluding carboxylic acids is 1. The fraction of sp³-hybridized carbons (Fsp3) is 0.227. The van der Waals surface area contributed by atoms with E-state index in [0.29, 0.717) is 0 Å². The minimum Gasteiger partial charge on any atom is -0.481 e. The number of carboxylic acid groups (broad SMARTS) is 1. The number of alkyl halides is 3. The third-order valence-corrected chi connectivity index (χ3v) is 5.12. The van der Waals surface area contributed by atoms with Crippen molar-refractivity contribution in [1.29, 1.82) is 0 Å². The number of pyridine rings is 1. The van der Waals surface area contributed by atoms with Crippen LogP contribution in [-0.2, 0) is 17.5 Å². The molecule has 6 nitrogen and oxygen atoms in total. The van der Waals surface area contributed by atoms with Crippen molar-refractivity contribution in [1.82, 2.24) is 4.57 Å². The van der Waals surface area contributed by atoms with Gasteiger partial charge in [-0.2, -0.15) is 13.2 Å². The van der Waals surface area contributed by atoms with Crippen LogP contribution in [0.4, 0.5) is 23.2 Å². The highest BCUT2D eigenvalue weighted by Gasteiger charge is 2.32. The molecule has 0 radical (unpaired) electrons. The van der Waals surface area contributed by atoms with Gasteiger partial charge in [0.1, 0.15) is 11.4 Å². The van der Waals surface area contributed by atoms with Crippen molar-refractivity contribution >= 4 is 28.5 Å². The molecule has 0 aliphatic carbocycles. The minimum absolute atomic E-state index is 0.131. The summed E-state index contributed by atoms with van der Waals surface area (Å²) in [6.07, 6.45) is -5.22. The Labute approximate surface area is 179 Å². The van der Waals surface area contributed by atoms with Gasteiger partial charge in [-0.05, 0) is 42.8 Å². The fourth-order valence-corrected chi connectivity index (χ4v) is 3.44. The van der Waals surface area contributed by atoms with Gasteiger partial charge < -0.3 is 14.6 Å². The van der Waals surface area contributed by atoms with Crippen LogP contribution in [-0.4, -0.2) is 28.6 Å². The number of fused-ring (bicyclic) bond motifs is 1. The zero-order valence-corrected chi connectivity index (χ0v) is 17.0. The SMILES string of the molecule is Cc1c(C(=O)N(C)c2cccc(F)c2)c(=O)n(CCC(=O)O)c2cc(C(F)(F)F)ccc12. The van der Waals surface area contributed by atoms with Crippen molar-refractivity contribution < 1.29 is 32.3 Å². The second-order valence-electron chi connectivity index (χ2n) is 7.17. The molecule has 0 bridgehead atoms. The number of aromatic nitrogens is 1. The number of nitrogens with zero attached hydrogens (tertiary/aromatic N) is 2. The number of halogens is 4. The second kappa shape index (κ2) is 8.45. The van der Waals surface area contributed by atoms with E-state index in [0.717, 1.165) is 33.7 Å². The van der Waals surface area contributed by atoms with Crippen LogP contribution in [0, 0.1) is 12.7 Å². The van der Waals surface area contributed by atoms with E-state index in [1.165, 1.54) is 32.2 Å². The zero-order valence-electron chi connectivity index (χ0n) is 17.0. The lowest BCUT2D eigenvalue weighted by atomic mass is 10.0. The Morgan fingerprint density at radius 1 is 1.12 bits per heavy atom. The predicted octanol–water partition coefficient (Wildman–Crippen LogP) is 4.22. The topological polar surface area (TPSA) is 79.6 Å². The van der Waals surface area contributed by atoms with E-state index in [1.54, 1.807) is 0 Å². The van der Waals surface area contributed by atoms with Gasteiger partial charge in [0.2, 0.25) is 0 Å². The summed E-state index contributed by atoms with van der Waals surface area (Å²) >= 11 is 0.